The van der Waals surface area contributed by atoms with Crippen molar-refractivity contribution >= 4 is 29.4 Å². The fourth-order valence-electron chi connectivity index (χ4n) is 1.93. The van der Waals surface area contributed by atoms with E-state index in [1.54, 1.807) is 0 Å². The van der Waals surface area contributed by atoms with Crippen LogP contribution in [0.2, 0.25) is 0 Å². The molecule has 1 atom stereocenters. The quantitative estimate of drug-likeness (QED) is 0.838. The number of hydrogen-bond donors (Lipinski definition) is 1. The highest BCUT2D eigenvalue weighted by Crippen LogP contribution is 2.25. The second-order valence-electron chi connectivity index (χ2n) is 4.49. The zero-order valence-electron chi connectivity index (χ0n) is 11.5. The minimum atomic E-state index is -0.414. The third-order valence-corrected chi connectivity index (χ3v) is 3.78. The number of carbonyl (C=O) groups excluding carboxylic acids is 2. The van der Waals surface area contributed by atoms with Crippen molar-refractivity contribution in [1.82, 2.24) is 5.32 Å². The van der Waals surface area contributed by atoms with E-state index >= 15 is 0 Å². The lowest BCUT2D eigenvalue weighted by Crippen LogP contribution is -2.33. The summed E-state index contributed by atoms with van der Waals surface area (Å²) in [7, 11) is 0. The fraction of sp³-hybridized carbons (Fsp3) is 0.357. The van der Waals surface area contributed by atoms with E-state index in [1.807, 2.05) is 24.3 Å². The van der Waals surface area contributed by atoms with E-state index in [0.29, 0.717) is 18.8 Å². The lowest BCUT2D eigenvalue weighted by atomic mass is 10.2. The maximum atomic E-state index is 11.8. The molecular formula is C14H15N3O3S. The molecule has 0 radical (unpaired) electrons. The molecule has 2 rings (SSSR count). The zero-order chi connectivity index (χ0) is 15.2. The van der Waals surface area contributed by atoms with Crippen molar-refractivity contribution in [2.24, 2.45) is 0 Å². The number of nitriles is 1. The molecular weight excluding hydrogens is 290 g/mol. The number of anilines is 1. The standard InChI is InChI=1S/C14H15N3O3S/c1-10(18)16-8-12-9-17(14(19)20-12)11-2-4-13(5-3-11)21-7-6-15/h2-5,12H,7-9H2,1H3,(H,16,18). The number of rotatable bonds is 5. The molecule has 6 nitrogen and oxygen atoms in total. The second-order valence-corrected chi connectivity index (χ2v) is 5.54. The van der Waals surface area contributed by atoms with E-state index in [9.17, 15) is 9.59 Å². The first-order valence-electron chi connectivity index (χ1n) is 6.42. The first kappa shape index (κ1) is 15.2. The molecule has 1 unspecified atom stereocenters. The summed E-state index contributed by atoms with van der Waals surface area (Å²) < 4.78 is 5.20. The number of nitrogens with one attached hydrogen (secondary N) is 1. The van der Waals surface area contributed by atoms with E-state index in [1.165, 1.54) is 23.6 Å². The van der Waals surface area contributed by atoms with Gasteiger partial charge in [-0.25, -0.2) is 4.79 Å². The Morgan fingerprint density at radius 3 is 2.86 bits per heavy atom. The average molecular weight is 305 g/mol. The van der Waals surface area contributed by atoms with E-state index < -0.39 is 6.09 Å². The summed E-state index contributed by atoms with van der Waals surface area (Å²) in [4.78, 5) is 25.2. The van der Waals surface area contributed by atoms with Gasteiger partial charge in [-0.3, -0.25) is 9.69 Å². The normalized spacial score (nSPS) is 17.2. The summed E-state index contributed by atoms with van der Waals surface area (Å²) in [5, 5.41) is 11.2. The summed E-state index contributed by atoms with van der Waals surface area (Å²) in [5.41, 5.74) is 0.742. The van der Waals surface area contributed by atoms with Crippen LogP contribution in [-0.2, 0) is 9.53 Å². The fourth-order valence-corrected chi connectivity index (χ4v) is 2.49. The van der Waals surface area contributed by atoms with Gasteiger partial charge >= 0.3 is 6.09 Å². The monoisotopic (exact) mass is 305 g/mol. The number of benzene rings is 1. The Hall–Kier alpha value is -2.20. The number of hydrogen-bond acceptors (Lipinski definition) is 5. The number of ether oxygens (including phenoxy) is 1. The maximum Gasteiger partial charge on any atom is 0.414 e. The Morgan fingerprint density at radius 1 is 1.52 bits per heavy atom. The number of thioether (sulfide) groups is 1. The van der Waals surface area contributed by atoms with Crippen LogP contribution in [0.1, 0.15) is 6.92 Å². The molecule has 1 aromatic carbocycles. The van der Waals surface area contributed by atoms with Crippen LogP contribution in [0.3, 0.4) is 0 Å². The van der Waals surface area contributed by atoms with Gasteiger partial charge in [-0.2, -0.15) is 5.26 Å². The van der Waals surface area contributed by atoms with Crippen LogP contribution in [0, 0.1) is 11.3 Å². The molecule has 1 aromatic rings. The van der Waals surface area contributed by atoms with Gasteiger partial charge in [0.25, 0.3) is 0 Å². The lowest BCUT2D eigenvalue weighted by Gasteiger charge is -2.13. The third kappa shape index (κ3) is 4.13. The van der Waals surface area contributed by atoms with Crippen LogP contribution in [0.4, 0.5) is 10.5 Å². The minimum Gasteiger partial charge on any atom is -0.442 e. The molecule has 1 N–H and O–H groups in total. The Balaban J connectivity index is 1.97. The van der Waals surface area contributed by atoms with E-state index in [-0.39, 0.29) is 12.0 Å². The molecule has 0 aliphatic carbocycles. The Labute approximate surface area is 127 Å². The van der Waals surface area contributed by atoms with Gasteiger partial charge in [0.2, 0.25) is 5.91 Å². The van der Waals surface area contributed by atoms with E-state index in [2.05, 4.69) is 11.4 Å². The zero-order valence-corrected chi connectivity index (χ0v) is 12.4. The minimum absolute atomic E-state index is 0.150. The van der Waals surface area contributed by atoms with Crippen molar-refractivity contribution in [2.45, 2.75) is 17.9 Å². The first-order chi connectivity index (χ1) is 10.1. The highest BCUT2D eigenvalue weighted by Gasteiger charge is 2.32. The maximum absolute atomic E-state index is 11.8. The van der Waals surface area contributed by atoms with Crippen molar-refractivity contribution in [2.75, 3.05) is 23.7 Å². The van der Waals surface area contributed by atoms with Crippen LogP contribution in [0.25, 0.3) is 0 Å². The van der Waals surface area contributed by atoms with E-state index in [4.69, 9.17) is 10.00 Å². The molecule has 0 bridgehead atoms. The van der Waals surface area contributed by atoms with Crippen LogP contribution in [-0.4, -0.2) is 36.9 Å². The van der Waals surface area contributed by atoms with Crippen molar-refractivity contribution in [1.29, 1.82) is 5.26 Å². The Morgan fingerprint density at radius 2 is 2.24 bits per heavy atom. The second kappa shape index (κ2) is 6.99. The predicted octanol–water partition coefficient (Wildman–Crippen LogP) is 1.76. The van der Waals surface area contributed by atoms with Gasteiger partial charge in [0.15, 0.2) is 0 Å². The number of cyclic esters (lactones) is 1. The lowest BCUT2D eigenvalue weighted by molar-refractivity contribution is -0.119. The van der Waals surface area contributed by atoms with Crippen LogP contribution in [0.5, 0.6) is 0 Å². The van der Waals surface area contributed by atoms with Crippen LogP contribution >= 0.6 is 11.8 Å². The van der Waals surface area contributed by atoms with Gasteiger partial charge in [0.05, 0.1) is 24.9 Å². The molecule has 1 fully saturated rings. The number of amides is 2. The Bertz CT molecular complexity index is 568. The van der Waals surface area contributed by atoms with Crippen molar-refractivity contribution in [3.8, 4) is 6.07 Å². The summed E-state index contributed by atoms with van der Waals surface area (Å²) in [6.45, 7) is 2.14. The van der Waals surface area contributed by atoms with Gasteiger partial charge in [0.1, 0.15) is 6.10 Å². The summed E-state index contributed by atoms with van der Waals surface area (Å²) >= 11 is 1.44. The van der Waals surface area contributed by atoms with Crippen LogP contribution < -0.4 is 10.2 Å². The average Bonchev–Trinajstić information content (AvgIpc) is 2.84. The molecule has 1 heterocycles. The largest absolute Gasteiger partial charge is 0.442 e. The van der Waals surface area contributed by atoms with Crippen molar-refractivity contribution < 1.29 is 14.3 Å². The highest BCUT2D eigenvalue weighted by molar-refractivity contribution is 7.99. The molecule has 7 heteroatoms. The van der Waals surface area contributed by atoms with Gasteiger partial charge in [0, 0.05) is 17.5 Å². The van der Waals surface area contributed by atoms with Gasteiger partial charge < -0.3 is 10.1 Å². The molecule has 110 valence electrons. The molecule has 0 saturated carbocycles. The predicted molar refractivity (Wildman–Crippen MR) is 79.1 cm³/mol. The first-order valence-corrected chi connectivity index (χ1v) is 7.41. The molecule has 2 amide bonds. The summed E-state index contributed by atoms with van der Waals surface area (Å²) in [5.74, 6) is 0.243. The molecule has 1 aliphatic heterocycles. The highest BCUT2D eigenvalue weighted by atomic mass is 32.2. The molecule has 1 aliphatic rings. The van der Waals surface area contributed by atoms with E-state index in [0.717, 1.165) is 10.6 Å². The molecule has 21 heavy (non-hydrogen) atoms. The molecule has 1 saturated heterocycles. The van der Waals surface area contributed by atoms with Gasteiger partial charge in [-0.1, -0.05) is 0 Å². The van der Waals surface area contributed by atoms with Crippen LogP contribution in [0.15, 0.2) is 29.2 Å². The number of nitrogens with zero attached hydrogens (tertiary/aromatic N) is 2. The SMILES string of the molecule is CC(=O)NCC1CN(c2ccc(SCC#N)cc2)C(=O)O1. The summed E-state index contributed by atoms with van der Waals surface area (Å²) in [6.07, 6.45) is -0.753. The third-order valence-electron chi connectivity index (χ3n) is 2.90. The Kier molecular flexibility index (Phi) is 5.06. The topological polar surface area (TPSA) is 82.4 Å². The van der Waals surface area contributed by atoms with Crippen molar-refractivity contribution in [3.05, 3.63) is 24.3 Å². The van der Waals surface area contributed by atoms with Gasteiger partial charge in [-0.05, 0) is 24.3 Å². The smallest absolute Gasteiger partial charge is 0.414 e. The summed E-state index contributed by atoms with van der Waals surface area (Å²) in [6, 6.07) is 9.44. The van der Waals surface area contributed by atoms with Crippen molar-refractivity contribution in [3.63, 3.8) is 0 Å². The molecule has 0 aromatic heterocycles. The molecule has 0 spiro atoms. The van der Waals surface area contributed by atoms with Gasteiger partial charge in [-0.15, -0.1) is 11.8 Å². The number of carbonyl (C=O) groups is 2.